The van der Waals surface area contributed by atoms with Crippen LogP contribution in [0.1, 0.15) is 251 Å². The van der Waals surface area contributed by atoms with E-state index in [-0.39, 0.29) is 0 Å². The first-order valence-electron chi connectivity index (χ1n) is 44.6. The number of hydrogen-bond acceptors (Lipinski definition) is 2. The topological polar surface area (TPSA) is 6.48 Å². The summed E-state index contributed by atoms with van der Waals surface area (Å²) in [4.78, 5) is 6.84. The van der Waals surface area contributed by atoms with E-state index in [1.165, 1.54) is 154 Å². The summed E-state index contributed by atoms with van der Waals surface area (Å²) in [6.45, 7) is 6.15. The molecule has 0 aromatic rings. The molecular weight excluding hydrogens is 1190 g/mol. The van der Waals surface area contributed by atoms with Gasteiger partial charge >= 0.3 is 0 Å². The van der Waals surface area contributed by atoms with Gasteiger partial charge in [0.1, 0.15) is 0 Å². The van der Waals surface area contributed by atoms with Crippen molar-refractivity contribution in [1.82, 2.24) is 9.80 Å². The molecule has 14 saturated carbocycles. The van der Waals surface area contributed by atoms with E-state index in [9.17, 15) is 0 Å². The first-order valence-corrected chi connectivity index (χ1v) is 44.6. The van der Waals surface area contributed by atoms with Crippen LogP contribution in [0.15, 0.2) is 150 Å². The van der Waals surface area contributed by atoms with Gasteiger partial charge in [-0.2, -0.15) is 0 Å². The molecule has 512 valence electrons. The zero-order chi connectivity index (χ0) is 63.6. The van der Waals surface area contributed by atoms with Crippen molar-refractivity contribution < 1.29 is 0 Å². The van der Waals surface area contributed by atoms with E-state index in [4.69, 9.17) is 0 Å². The van der Waals surface area contributed by atoms with Crippen LogP contribution in [-0.2, 0) is 0 Å². The molecule has 3 heteroatoms. The molecule has 8 bridgehead atoms. The first kappa shape index (κ1) is 56.6. The van der Waals surface area contributed by atoms with Gasteiger partial charge in [-0.1, -0.05) is 109 Å². The van der Waals surface area contributed by atoms with Crippen molar-refractivity contribution in [3.63, 3.8) is 0 Å². The van der Waals surface area contributed by atoms with Gasteiger partial charge in [0.05, 0.1) is 0 Å². The predicted octanol–water partition coefficient (Wildman–Crippen LogP) is 22.6. The van der Waals surface area contributed by atoms with Gasteiger partial charge in [-0.3, -0.25) is 0 Å². The lowest BCUT2D eigenvalue weighted by atomic mass is 9.24. The molecule has 2 heterocycles. The molecule has 99 heavy (non-hydrogen) atoms. The maximum Gasteiger partial charge on any atom is 0.217 e. The van der Waals surface area contributed by atoms with Gasteiger partial charge in [0.2, 0.25) is 6.71 Å². The van der Waals surface area contributed by atoms with Gasteiger partial charge in [-0.15, -0.1) is 0 Å². The molecule has 28 atom stereocenters. The van der Waals surface area contributed by atoms with E-state index in [0.717, 1.165) is 107 Å². The van der Waals surface area contributed by atoms with Crippen LogP contribution >= 0.6 is 0 Å². The summed E-state index contributed by atoms with van der Waals surface area (Å²) in [5, 5.41) is 0. The third-order valence-electron chi connectivity index (χ3n) is 41.9. The molecule has 0 N–H and O–H groups in total. The number of rotatable bonds is 2. The summed E-state index contributed by atoms with van der Waals surface area (Å²) in [5.74, 6) is 19.7. The fourth-order valence-corrected chi connectivity index (χ4v) is 40.3. The minimum absolute atomic E-state index is 0.308. The highest BCUT2D eigenvalue weighted by atomic mass is 15.2. The molecule has 28 rings (SSSR count). The second-order valence-corrected chi connectivity index (χ2v) is 42.7. The highest BCUT2D eigenvalue weighted by Gasteiger charge is 2.84. The standard InChI is InChI=1S/C96H115BN2/c1-50-33-65-60-19-3-7-23-70(60)93(54-15-11-16-55(93)18-12-17-54)75(65)45-83(50)98-81-27-13-28-82-90(81)97(79-43-68-62-21-4-8-24-71(62)94(76(68)47-85(79)98)58-38-53-35-52-36-64(53)67(41-58)74(94)37-52)80-44-69-63-22-5-9-25-72(63)95(59-40-56-39-57-42-89(95)92(56,57)49-59)77(69)48-86(80)99(82)84-46-78-66(34-51(84)2)61-20-6-10-26-73(61)96(78)87-29-14-31-91(87)32-30-88(91)96/h8-9,13,24-25,27,43,45-47,50-59,62,64,66-68,71,74,76,78,80,82,86-89H,3-7,10-12,14-23,26,28-42,44,48-49H2,1-2H3. The lowest BCUT2D eigenvalue weighted by molar-refractivity contribution is -0.249. The first-order chi connectivity index (χ1) is 48.8. The third kappa shape index (κ3) is 5.86. The Kier molecular flexibility index (Phi) is 10.5. The molecule has 6 spiro atoms. The predicted molar refractivity (Wildman–Crippen MR) is 396 cm³/mol. The molecule has 1 saturated heterocycles. The van der Waals surface area contributed by atoms with Crippen molar-refractivity contribution >= 4 is 6.71 Å². The van der Waals surface area contributed by atoms with Gasteiger partial charge in [0.15, 0.2) is 0 Å². The second-order valence-electron chi connectivity index (χ2n) is 42.7. The van der Waals surface area contributed by atoms with E-state index in [0.29, 0.717) is 80.8 Å². The summed E-state index contributed by atoms with van der Waals surface area (Å²) < 4.78 is 0. The van der Waals surface area contributed by atoms with Crippen molar-refractivity contribution in [3.8, 4) is 0 Å². The zero-order valence-corrected chi connectivity index (χ0v) is 60.8. The molecule has 0 amide bonds. The van der Waals surface area contributed by atoms with Crippen molar-refractivity contribution in [2.75, 3.05) is 0 Å². The molecule has 2 nitrogen and oxygen atoms in total. The highest BCUT2D eigenvalue weighted by Crippen LogP contribution is 2.91. The van der Waals surface area contributed by atoms with E-state index in [1.54, 1.807) is 101 Å². The van der Waals surface area contributed by atoms with Crippen LogP contribution < -0.4 is 0 Å². The summed E-state index contributed by atoms with van der Waals surface area (Å²) >= 11 is 0. The van der Waals surface area contributed by atoms with Crippen molar-refractivity contribution in [3.05, 3.63) is 150 Å². The Balaban J connectivity index is 0.688. The van der Waals surface area contributed by atoms with Gasteiger partial charge in [-0.05, 0) is 416 Å². The Bertz CT molecular complexity index is 4270. The Morgan fingerprint density at radius 2 is 1.39 bits per heavy atom. The molecule has 28 unspecified atom stereocenters. The largest absolute Gasteiger partial charge is 0.366 e. The molecule has 0 aromatic heterocycles. The summed E-state index contributed by atoms with van der Waals surface area (Å²) in [6.07, 6.45) is 84.6. The molecule has 2 aliphatic heterocycles. The van der Waals surface area contributed by atoms with Crippen LogP contribution in [0, 0.1) is 163 Å². The number of nitrogens with zero attached hydrogens (tertiary/aromatic N) is 2. The maximum atomic E-state index is 3.54. The SMILES string of the molecule is CC1CC2=C(C=C1N1C3=CC4C(C=C3B3C5=C1C=CCC5N(C1=CC5C(CC1C)C1=C(CCCC1)C51C5CCCC56CCC61)C1CC5=C(CC31)C1=C(C=CCC1)C51C3CC5CC6CC1C56C3)C1CCC=CC1C41C3CC4CC5CC4C(C3)C1C5)C1(C3=C2CCCC3)C2CCCC1CCC2. The minimum atomic E-state index is 0.308. The Hall–Kier alpha value is -3.72. The van der Waals surface area contributed by atoms with E-state index in [2.05, 4.69) is 101 Å². The molecule has 26 aliphatic carbocycles. The van der Waals surface area contributed by atoms with E-state index >= 15 is 0 Å². The maximum absolute atomic E-state index is 3.54. The highest BCUT2D eigenvalue weighted by molar-refractivity contribution is 6.77. The average Bonchev–Trinajstić information content (AvgIpc) is 1.50. The average molecular weight is 1310 g/mol. The fourth-order valence-electron chi connectivity index (χ4n) is 40.3. The lowest BCUT2D eigenvalue weighted by Crippen LogP contribution is -2.70. The summed E-state index contributed by atoms with van der Waals surface area (Å²) in [7, 11) is 0. The van der Waals surface area contributed by atoms with Gasteiger partial charge < -0.3 is 9.80 Å². The normalized spacial score (nSPS) is 56.5. The zero-order valence-electron chi connectivity index (χ0n) is 60.8. The van der Waals surface area contributed by atoms with E-state index < -0.39 is 0 Å². The van der Waals surface area contributed by atoms with Crippen LogP contribution in [0.25, 0.3) is 0 Å². The summed E-state index contributed by atoms with van der Waals surface area (Å²) in [5.41, 5.74) is 34.0. The van der Waals surface area contributed by atoms with Crippen molar-refractivity contribution in [2.24, 2.45) is 163 Å². The number of hydrogen-bond donors (Lipinski definition) is 0. The third-order valence-corrected chi connectivity index (χ3v) is 41.9. The van der Waals surface area contributed by atoms with Crippen LogP contribution in [0.2, 0.25) is 5.82 Å². The molecular formula is C96H115BN2. The second kappa shape index (κ2) is 18.4. The smallest absolute Gasteiger partial charge is 0.217 e. The lowest BCUT2D eigenvalue weighted by Gasteiger charge is -2.76. The van der Waals surface area contributed by atoms with Crippen LogP contribution in [-0.4, -0.2) is 28.6 Å². The number of allylic oxidation sites excluding steroid dienone is 21. The van der Waals surface area contributed by atoms with Gasteiger partial charge in [0.25, 0.3) is 0 Å². The molecule has 0 radical (unpaired) electrons. The summed E-state index contributed by atoms with van der Waals surface area (Å²) in [6, 6.07) is 1.00. The van der Waals surface area contributed by atoms with Gasteiger partial charge in [-0.25, -0.2) is 0 Å². The van der Waals surface area contributed by atoms with Gasteiger partial charge in [0, 0.05) is 57.0 Å². The molecule has 28 aliphatic rings. The van der Waals surface area contributed by atoms with Crippen LogP contribution in [0.4, 0.5) is 0 Å². The fraction of sp³-hybridized carbons (Fsp3) is 0.729. The minimum Gasteiger partial charge on any atom is -0.366 e. The Morgan fingerprint density at radius 1 is 0.535 bits per heavy atom. The Morgan fingerprint density at radius 3 is 2.27 bits per heavy atom. The number of fused-ring (bicyclic) bond motifs is 26. The van der Waals surface area contributed by atoms with E-state index in [1.807, 2.05) is 55.7 Å². The quantitative estimate of drug-likeness (QED) is 0.201. The van der Waals surface area contributed by atoms with Crippen molar-refractivity contribution in [2.45, 2.75) is 269 Å². The molecule has 15 fully saturated rings. The van der Waals surface area contributed by atoms with Crippen LogP contribution in [0.3, 0.4) is 0 Å². The van der Waals surface area contributed by atoms with Crippen molar-refractivity contribution in [1.29, 1.82) is 0 Å². The molecule has 0 aromatic carbocycles. The Labute approximate surface area is 595 Å². The monoisotopic (exact) mass is 1310 g/mol. The van der Waals surface area contributed by atoms with Crippen LogP contribution in [0.5, 0.6) is 0 Å².